The number of aliphatic carboxylic acids is 1. The molecule has 1 amide bonds. The largest absolute Gasteiger partial charge is 0.493 e. The van der Waals surface area contributed by atoms with Crippen LogP contribution in [0.1, 0.15) is 27.9 Å². The average molecular weight is 578 g/mol. The molecule has 1 aliphatic heterocycles. The molecule has 1 heterocycles. The van der Waals surface area contributed by atoms with Gasteiger partial charge in [-0.3, -0.25) is 4.79 Å². The highest BCUT2D eigenvalue weighted by molar-refractivity contribution is 6.32. The number of benzene rings is 4. The van der Waals surface area contributed by atoms with Crippen molar-refractivity contribution < 1.29 is 28.9 Å². The van der Waals surface area contributed by atoms with Gasteiger partial charge >= 0.3 is 5.97 Å². The van der Waals surface area contributed by atoms with Crippen LogP contribution in [-0.2, 0) is 16.8 Å². The molecule has 0 saturated heterocycles. The zero-order valence-corrected chi connectivity index (χ0v) is 22.7. The van der Waals surface area contributed by atoms with E-state index in [9.17, 15) is 14.7 Å². The number of hydrogen-bond donors (Lipinski definition) is 2. The molecule has 204 valence electrons. The van der Waals surface area contributed by atoms with Crippen LogP contribution in [0.5, 0.6) is 23.0 Å². The summed E-state index contributed by atoms with van der Waals surface area (Å²) < 4.78 is 17.6. The van der Waals surface area contributed by atoms with E-state index < -0.39 is 11.6 Å². The Balaban J connectivity index is 1.26. The SMILES string of the molecule is O=C(NCCc1ccc(Cl)cc1Oc1ccccc1)c1ccc(OC2(C(=O)O)CCOc3ccccc32)c(Cl)c1. The van der Waals surface area contributed by atoms with E-state index in [2.05, 4.69) is 5.32 Å². The summed E-state index contributed by atoms with van der Waals surface area (Å²) in [5.74, 6) is 0.402. The molecule has 0 fully saturated rings. The molecular formula is C31H25Cl2NO6. The van der Waals surface area contributed by atoms with E-state index in [1.807, 2.05) is 36.4 Å². The van der Waals surface area contributed by atoms with Gasteiger partial charge in [0.2, 0.25) is 5.60 Å². The molecule has 0 radical (unpaired) electrons. The third-order valence-corrected chi connectivity index (χ3v) is 7.07. The van der Waals surface area contributed by atoms with Gasteiger partial charge < -0.3 is 24.6 Å². The molecule has 0 spiro atoms. The fourth-order valence-electron chi connectivity index (χ4n) is 4.51. The van der Waals surface area contributed by atoms with Crippen molar-refractivity contribution in [2.24, 2.45) is 0 Å². The summed E-state index contributed by atoms with van der Waals surface area (Å²) in [6, 6.07) is 26.1. The summed E-state index contributed by atoms with van der Waals surface area (Å²) in [5.41, 5.74) is -0.0677. The van der Waals surface area contributed by atoms with Crippen LogP contribution in [0.4, 0.5) is 0 Å². The Bertz CT molecular complexity index is 1540. The number of carboxylic acids is 1. The van der Waals surface area contributed by atoms with Gasteiger partial charge in [-0.05, 0) is 60.5 Å². The summed E-state index contributed by atoms with van der Waals surface area (Å²) in [7, 11) is 0. The van der Waals surface area contributed by atoms with E-state index in [1.165, 1.54) is 12.1 Å². The number of fused-ring (bicyclic) bond motifs is 1. The first-order chi connectivity index (χ1) is 19.4. The van der Waals surface area contributed by atoms with Crippen molar-refractivity contribution in [2.75, 3.05) is 13.2 Å². The Morgan fingerprint density at radius 1 is 0.925 bits per heavy atom. The summed E-state index contributed by atoms with van der Waals surface area (Å²) in [4.78, 5) is 25.3. The number of amides is 1. The van der Waals surface area contributed by atoms with Gasteiger partial charge in [0.1, 0.15) is 23.0 Å². The minimum Gasteiger partial charge on any atom is -0.493 e. The topological polar surface area (TPSA) is 94.1 Å². The zero-order valence-electron chi connectivity index (χ0n) is 21.2. The average Bonchev–Trinajstić information content (AvgIpc) is 2.95. The monoisotopic (exact) mass is 577 g/mol. The van der Waals surface area contributed by atoms with Gasteiger partial charge in [-0.25, -0.2) is 4.79 Å². The fraction of sp³-hybridized carbons (Fsp3) is 0.161. The Hall–Kier alpha value is -4.20. The summed E-state index contributed by atoms with van der Waals surface area (Å²) in [6.45, 7) is 0.507. The predicted octanol–water partition coefficient (Wildman–Crippen LogP) is 6.90. The molecular weight excluding hydrogens is 553 g/mol. The highest BCUT2D eigenvalue weighted by atomic mass is 35.5. The van der Waals surface area contributed by atoms with Crippen LogP contribution >= 0.6 is 23.2 Å². The van der Waals surface area contributed by atoms with Gasteiger partial charge in [0.25, 0.3) is 5.91 Å². The van der Waals surface area contributed by atoms with Crippen molar-refractivity contribution in [2.45, 2.75) is 18.4 Å². The number of halogens is 2. The number of ether oxygens (including phenoxy) is 3. The molecule has 1 atom stereocenters. The van der Waals surface area contributed by atoms with Crippen molar-refractivity contribution in [1.82, 2.24) is 5.32 Å². The van der Waals surface area contributed by atoms with Gasteiger partial charge in [-0.1, -0.05) is 65.7 Å². The maximum atomic E-state index is 12.9. The molecule has 1 aliphatic rings. The number of hydrogen-bond acceptors (Lipinski definition) is 5. The lowest BCUT2D eigenvalue weighted by Crippen LogP contribution is -2.45. The number of rotatable bonds is 9. The van der Waals surface area contributed by atoms with E-state index in [0.29, 0.717) is 46.4 Å². The van der Waals surface area contributed by atoms with Crippen LogP contribution in [0.25, 0.3) is 0 Å². The van der Waals surface area contributed by atoms with Crippen molar-refractivity contribution >= 4 is 35.1 Å². The number of nitrogens with one attached hydrogen (secondary N) is 1. The number of carboxylic acid groups (broad SMARTS) is 1. The van der Waals surface area contributed by atoms with Crippen LogP contribution < -0.4 is 19.5 Å². The first-order valence-corrected chi connectivity index (χ1v) is 13.3. The second kappa shape index (κ2) is 11.9. The first kappa shape index (κ1) is 27.4. The van der Waals surface area contributed by atoms with Crippen molar-refractivity contribution in [1.29, 1.82) is 0 Å². The Morgan fingerprint density at radius 3 is 2.48 bits per heavy atom. The Kier molecular flexibility index (Phi) is 8.14. The van der Waals surface area contributed by atoms with E-state index in [-0.39, 0.29) is 29.7 Å². The highest BCUT2D eigenvalue weighted by Crippen LogP contribution is 2.42. The van der Waals surface area contributed by atoms with Crippen molar-refractivity contribution in [3.8, 4) is 23.0 Å². The van der Waals surface area contributed by atoms with Crippen LogP contribution in [0, 0.1) is 0 Å². The second-order valence-electron chi connectivity index (χ2n) is 9.15. The fourth-order valence-corrected chi connectivity index (χ4v) is 4.89. The summed E-state index contributed by atoms with van der Waals surface area (Å²) in [5, 5.41) is 13.7. The molecule has 2 N–H and O–H groups in total. The molecule has 4 aromatic rings. The third kappa shape index (κ3) is 5.86. The second-order valence-corrected chi connectivity index (χ2v) is 9.99. The maximum absolute atomic E-state index is 12.9. The summed E-state index contributed by atoms with van der Waals surface area (Å²) in [6.07, 6.45) is 0.598. The van der Waals surface area contributed by atoms with Crippen molar-refractivity contribution in [3.05, 3.63) is 118 Å². The molecule has 0 saturated carbocycles. The highest BCUT2D eigenvalue weighted by Gasteiger charge is 2.47. The third-order valence-electron chi connectivity index (χ3n) is 6.54. The van der Waals surface area contributed by atoms with E-state index in [0.717, 1.165) is 5.56 Å². The van der Waals surface area contributed by atoms with Crippen LogP contribution in [-0.4, -0.2) is 30.1 Å². The predicted molar refractivity (Wildman–Crippen MR) is 152 cm³/mol. The van der Waals surface area contributed by atoms with Crippen LogP contribution in [0.2, 0.25) is 10.0 Å². The van der Waals surface area contributed by atoms with E-state index in [4.69, 9.17) is 37.4 Å². The standard InChI is InChI=1S/C31H25Cl2NO6/c32-22-12-10-20(28(19-22)39-23-6-2-1-3-7-23)14-16-34-29(35)21-11-13-27(25(33)18-21)40-31(30(36)37)15-17-38-26-9-5-4-8-24(26)31/h1-13,18-19H,14-17H2,(H,34,35)(H,36,37). The van der Waals surface area contributed by atoms with Gasteiger partial charge in [-0.2, -0.15) is 0 Å². The minimum atomic E-state index is -1.67. The van der Waals surface area contributed by atoms with Gasteiger partial charge in [0.15, 0.2) is 0 Å². The van der Waals surface area contributed by atoms with Crippen LogP contribution in [0.3, 0.4) is 0 Å². The Morgan fingerprint density at radius 2 is 1.70 bits per heavy atom. The lowest BCUT2D eigenvalue weighted by molar-refractivity contribution is -0.159. The van der Waals surface area contributed by atoms with E-state index in [1.54, 1.807) is 42.5 Å². The van der Waals surface area contributed by atoms with Gasteiger partial charge in [0.05, 0.1) is 11.6 Å². The van der Waals surface area contributed by atoms with Gasteiger partial charge in [0, 0.05) is 29.1 Å². The number of carbonyl (C=O) groups is 2. The van der Waals surface area contributed by atoms with Gasteiger partial charge in [-0.15, -0.1) is 0 Å². The molecule has 4 aromatic carbocycles. The summed E-state index contributed by atoms with van der Waals surface area (Å²) >= 11 is 12.6. The first-order valence-electron chi connectivity index (χ1n) is 12.6. The van der Waals surface area contributed by atoms with E-state index >= 15 is 0 Å². The molecule has 5 rings (SSSR count). The lowest BCUT2D eigenvalue weighted by atomic mass is 9.87. The van der Waals surface area contributed by atoms with Crippen molar-refractivity contribution in [3.63, 3.8) is 0 Å². The molecule has 0 aliphatic carbocycles. The number of para-hydroxylation sites is 2. The molecule has 0 aromatic heterocycles. The quantitative estimate of drug-likeness (QED) is 0.225. The molecule has 40 heavy (non-hydrogen) atoms. The zero-order chi connectivity index (χ0) is 28.1. The minimum absolute atomic E-state index is 0.0958. The number of carbonyl (C=O) groups excluding carboxylic acids is 1. The molecule has 1 unspecified atom stereocenters. The normalized spacial score (nSPS) is 15.8. The smallest absolute Gasteiger partial charge is 0.353 e. The molecule has 0 bridgehead atoms. The lowest BCUT2D eigenvalue weighted by Gasteiger charge is -2.35. The molecule has 9 heteroatoms. The maximum Gasteiger partial charge on any atom is 0.353 e. The molecule has 7 nitrogen and oxygen atoms in total. The Labute approximate surface area is 241 Å². The van der Waals surface area contributed by atoms with Crippen LogP contribution in [0.15, 0.2) is 91.0 Å².